The van der Waals surface area contributed by atoms with Gasteiger partial charge in [0.2, 0.25) is 5.91 Å². The third-order valence-corrected chi connectivity index (χ3v) is 4.67. The van der Waals surface area contributed by atoms with Crippen LogP contribution in [0.3, 0.4) is 0 Å². The molecule has 0 saturated heterocycles. The highest BCUT2D eigenvalue weighted by atomic mass is 16.5. The number of hydrogen-bond acceptors (Lipinski definition) is 5. The Labute approximate surface area is 182 Å². The van der Waals surface area contributed by atoms with Crippen LogP contribution in [-0.4, -0.2) is 25.1 Å². The first kappa shape index (κ1) is 21.9. The van der Waals surface area contributed by atoms with Crippen molar-refractivity contribution in [2.45, 2.75) is 19.6 Å². The number of pyridine rings is 1. The topological polar surface area (TPSA) is 69.7 Å². The van der Waals surface area contributed by atoms with Crippen LogP contribution in [0.5, 0.6) is 17.2 Å². The first-order chi connectivity index (χ1) is 15.1. The number of methoxy groups -OCH3 is 2. The van der Waals surface area contributed by atoms with E-state index in [0.29, 0.717) is 18.1 Å². The zero-order chi connectivity index (χ0) is 22.1. The lowest BCUT2D eigenvalue weighted by Gasteiger charge is -2.14. The van der Waals surface area contributed by atoms with E-state index in [-0.39, 0.29) is 11.9 Å². The SMILES string of the molecule is COc1cc(C=CC(=O)NC(C)c2ccc(OCc3cccnc3)cc2)cc(OC)c1. The molecule has 0 aliphatic carbocycles. The first-order valence-electron chi connectivity index (χ1n) is 9.90. The zero-order valence-corrected chi connectivity index (χ0v) is 17.9. The van der Waals surface area contributed by atoms with E-state index in [1.54, 1.807) is 38.8 Å². The number of hydrogen-bond donors (Lipinski definition) is 1. The van der Waals surface area contributed by atoms with Gasteiger partial charge in [-0.2, -0.15) is 0 Å². The van der Waals surface area contributed by atoms with Gasteiger partial charge in [-0.15, -0.1) is 0 Å². The summed E-state index contributed by atoms with van der Waals surface area (Å²) in [4.78, 5) is 16.4. The molecule has 1 atom stereocenters. The number of nitrogens with zero attached hydrogens (tertiary/aromatic N) is 1. The van der Waals surface area contributed by atoms with Crippen molar-refractivity contribution in [1.82, 2.24) is 10.3 Å². The predicted molar refractivity (Wildman–Crippen MR) is 120 cm³/mol. The van der Waals surface area contributed by atoms with Crippen molar-refractivity contribution in [2.24, 2.45) is 0 Å². The molecule has 3 aromatic rings. The molecule has 0 radical (unpaired) electrons. The van der Waals surface area contributed by atoms with Crippen LogP contribution in [0, 0.1) is 0 Å². The van der Waals surface area contributed by atoms with Gasteiger partial charge in [0.25, 0.3) is 0 Å². The number of nitrogens with one attached hydrogen (secondary N) is 1. The lowest BCUT2D eigenvalue weighted by molar-refractivity contribution is -0.117. The van der Waals surface area contributed by atoms with Gasteiger partial charge in [0.1, 0.15) is 23.9 Å². The van der Waals surface area contributed by atoms with Gasteiger partial charge in [-0.1, -0.05) is 18.2 Å². The van der Waals surface area contributed by atoms with Crippen LogP contribution >= 0.6 is 0 Å². The monoisotopic (exact) mass is 418 g/mol. The van der Waals surface area contributed by atoms with E-state index >= 15 is 0 Å². The van der Waals surface area contributed by atoms with Crippen molar-refractivity contribution in [2.75, 3.05) is 14.2 Å². The lowest BCUT2D eigenvalue weighted by atomic mass is 10.1. The molecule has 1 heterocycles. The molecule has 0 fully saturated rings. The maximum atomic E-state index is 12.3. The second kappa shape index (κ2) is 10.8. The normalized spacial score (nSPS) is 11.7. The van der Waals surface area contributed by atoms with Gasteiger partial charge in [-0.3, -0.25) is 9.78 Å². The van der Waals surface area contributed by atoms with Gasteiger partial charge in [0, 0.05) is 30.1 Å². The van der Waals surface area contributed by atoms with Crippen molar-refractivity contribution in [1.29, 1.82) is 0 Å². The fourth-order valence-corrected chi connectivity index (χ4v) is 2.95. The first-order valence-corrected chi connectivity index (χ1v) is 9.90. The summed E-state index contributed by atoms with van der Waals surface area (Å²) in [7, 11) is 3.18. The number of ether oxygens (including phenoxy) is 3. The maximum absolute atomic E-state index is 12.3. The standard InChI is InChI=1S/C25H26N2O4/c1-18(21-7-9-22(10-8-21)31-17-20-5-4-12-26-16-20)27-25(28)11-6-19-13-23(29-2)15-24(14-19)30-3/h4-16,18H,17H2,1-3H3,(H,27,28). The number of aromatic nitrogens is 1. The lowest BCUT2D eigenvalue weighted by Crippen LogP contribution is -2.24. The molecular formula is C25H26N2O4. The van der Waals surface area contributed by atoms with Crippen LogP contribution < -0.4 is 19.5 Å². The molecule has 6 heteroatoms. The van der Waals surface area contributed by atoms with E-state index in [2.05, 4.69) is 10.3 Å². The molecule has 2 aromatic carbocycles. The maximum Gasteiger partial charge on any atom is 0.244 e. The van der Waals surface area contributed by atoms with Crippen LogP contribution in [-0.2, 0) is 11.4 Å². The summed E-state index contributed by atoms with van der Waals surface area (Å²) in [6.07, 6.45) is 6.73. The number of carbonyl (C=O) groups excluding carboxylic acids is 1. The summed E-state index contributed by atoms with van der Waals surface area (Å²) in [5, 5.41) is 2.96. The molecule has 1 unspecified atom stereocenters. The molecule has 0 bridgehead atoms. The Morgan fingerprint density at radius 2 is 1.74 bits per heavy atom. The van der Waals surface area contributed by atoms with Crippen LogP contribution in [0.15, 0.2) is 73.1 Å². The molecule has 0 aliphatic rings. The highest BCUT2D eigenvalue weighted by molar-refractivity contribution is 5.92. The molecule has 1 aromatic heterocycles. The van der Waals surface area contributed by atoms with Crippen molar-refractivity contribution in [3.05, 3.63) is 89.8 Å². The molecule has 1 amide bonds. The van der Waals surface area contributed by atoms with E-state index in [1.165, 1.54) is 6.08 Å². The predicted octanol–water partition coefficient (Wildman–Crippen LogP) is 4.57. The van der Waals surface area contributed by atoms with Crippen molar-refractivity contribution < 1.29 is 19.0 Å². The van der Waals surface area contributed by atoms with E-state index in [0.717, 1.165) is 22.4 Å². The Hall–Kier alpha value is -3.80. The zero-order valence-electron chi connectivity index (χ0n) is 17.9. The number of rotatable bonds is 9. The number of amides is 1. The van der Waals surface area contributed by atoms with Crippen molar-refractivity contribution in [3.63, 3.8) is 0 Å². The Balaban J connectivity index is 1.55. The molecule has 0 spiro atoms. The average molecular weight is 418 g/mol. The molecule has 3 rings (SSSR count). The fraction of sp³-hybridized carbons (Fsp3) is 0.200. The van der Waals surface area contributed by atoms with Gasteiger partial charge in [-0.05, 0) is 54.5 Å². The van der Waals surface area contributed by atoms with E-state index in [1.807, 2.05) is 55.5 Å². The Morgan fingerprint density at radius 3 is 2.35 bits per heavy atom. The largest absolute Gasteiger partial charge is 0.497 e. The van der Waals surface area contributed by atoms with Gasteiger partial charge in [-0.25, -0.2) is 0 Å². The number of carbonyl (C=O) groups is 1. The van der Waals surface area contributed by atoms with Gasteiger partial charge >= 0.3 is 0 Å². The van der Waals surface area contributed by atoms with Crippen LogP contribution in [0.4, 0.5) is 0 Å². The van der Waals surface area contributed by atoms with Crippen molar-refractivity contribution >= 4 is 12.0 Å². The summed E-state index contributed by atoms with van der Waals surface area (Å²) < 4.78 is 16.3. The summed E-state index contributed by atoms with van der Waals surface area (Å²) in [5.41, 5.74) is 2.81. The third kappa shape index (κ3) is 6.60. The molecule has 6 nitrogen and oxygen atoms in total. The van der Waals surface area contributed by atoms with Gasteiger partial charge in [0.05, 0.1) is 20.3 Å². The second-order valence-corrected chi connectivity index (χ2v) is 6.93. The number of benzene rings is 2. The van der Waals surface area contributed by atoms with Crippen LogP contribution in [0.2, 0.25) is 0 Å². The Morgan fingerprint density at radius 1 is 1.03 bits per heavy atom. The van der Waals surface area contributed by atoms with Crippen LogP contribution in [0.25, 0.3) is 6.08 Å². The summed E-state index contributed by atoms with van der Waals surface area (Å²) in [6.45, 7) is 2.39. The van der Waals surface area contributed by atoms with Gasteiger partial charge < -0.3 is 19.5 Å². The Kier molecular flexibility index (Phi) is 7.65. The average Bonchev–Trinajstić information content (AvgIpc) is 2.82. The third-order valence-electron chi connectivity index (χ3n) is 4.67. The molecule has 0 aliphatic heterocycles. The molecule has 0 saturated carbocycles. The van der Waals surface area contributed by atoms with E-state index in [9.17, 15) is 4.79 Å². The second-order valence-electron chi connectivity index (χ2n) is 6.93. The molecular weight excluding hydrogens is 392 g/mol. The molecule has 31 heavy (non-hydrogen) atoms. The minimum atomic E-state index is -0.189. The molecule has 160 valence electrons. The quantitative estimate of drug-likeness (QED) is 0.516. The fourth-order valence-electron chi connectivity index (χ4n) is 2.95. The van der Waals surface area contributed by atoms with Crippen molar-refractivity contribution in [3.8, 4) is 17.2 Å². The summed E-state index contributed by atoms with van der Waals surface area (Å²) >= 11 is 0. The summed E-state index contributed by atoms with van der Waals surface area (Å²) in [6, 6.07) is 16.8. The van der Waals surface area contributed by atoms with Crippen LogP contribution in [0.1, 0.15) is 29.7 Å². The minimum Gasteiger partial charge on any atom is -0.497 e. The Bertz CT molecular complexity index is 995. The smallest absolute Gasteiger partial charge is 0.244 e. The van der Waals surface area contributed by atoms with E-state index < -0.39 is 0 Å². The van der Waals surface area contributed by atoms with E-state index in [4.69, 9.17) is 14.2 Å². The van der Waals surface area contributed by atoms with Gasteiger partial charge in [0.15, 0.2) is 0 Å². The molecule has 1 N–H and O–H groups in total. The minimum absolute atomic E-state index is 0.149. The highest BCUT2D eigenvalue weighted by Gasteiger charge is 2.08. The summed E-state index contributed by atoms with van der Waals surface area (Å²) in [5.74, 6) is 1.90. The highest BCUT2D eigenvalue weighted by Crippen LogP contribution is 2.23.